The molecule has 136 valence electrons. The molecule has 0 aliphatic heterocycles. The molecule has 26 heavy (non-hydrogen) atoms. The van der Waals surface area contributed by atoms with E-state index in [1.165, 1.54) is 52.8 Å². The summed E-state index contributed by atoms with van der Waals surface area (Å²) in [5, 5.41) is 0. The monoisotopic (exact) mass is 373 g/mol. The topological polar surface area (TPSA) is 81.4 Å². The van der Waals surface area contributed by atoms with Crippen LogP contribution in [0.25, 0.3) is 11.0 Å². The van der Waals surface area contributed by atoms with Crippen LogP contribution in [0.3, 0.4) is 0 Å². The summed E-state index contributed by atoms with van der Waals surface area (Å²) in [6, 6.07) is 11.6. The summed E-state index contributed by atoms with van der Waals surface area (Å²) in [6.45, 7) is 1.89. The van der Waals surface area contributed by atoms with Crippen LogP contribution in [0.4, 0.5) is 5.69 Å². The van der Waals surface area contributed by atoms with E-state index in [2.05, 4.69) is 0 Å². The summed E-state index contributed by atoms with van der Waals surface area (Å²) in [7, 11) is 0.594. The molecule has 8 heteroatoms. The number of hydrogen-bond acceptors (Lipinski definition) is 4. The number of benzene rings is 2. The Bertz CT molecular complexity index is 1240. The van der Waals surface area contributed by atoms with E-state index in [0.717, 1.165) is 5.56 Å². The van der Waals surface area contributed by atoms with Gasteiger partial charge in [0, 0.05) is 21.1 Å². The molecule has 2 aromatic carbocycles. The lowest BCUT2D eigenvalue weighted by atomic mass is 10.2. The zero-order valence-electron chi connectivity index (χ0n) is 14.9. The van der Waals surface area contributed by atoms with Crippen molar-refractivity contribution in [1.82, 2.24) is 9.13 Å². The lowest BCUT2D eigenvalue weighted by Gasteiger charge is -2.20. The molecule has 0 saturated heterocycles. The van der Waals surface area contributed by atoms with Crippen LogP contribution in [-0.2, 0) is 24.1 Å². The Labute approximate surface area is 150 Å². The average molecular weight is 373 g/mol. The summed E-state index contributed by atoms with van der Waals surface area (Å²) < 4.78 is 29.6. The molecule has 0 unspecified atom stereocenters. The fourth-order valence-corrected chi connectivity index (χ4v) is 4.05. The number of sulfonamides is 1. The van der Waals surface area contributed by atoms with E-state index in [1.807, 2.05) is 13.0 Å². The van der Waals surface area contributed by atoms with Gasteiger partial charge in [0.2, 0.25) is 0 Å². The minimum absolute atomic E-state index is 0.0441. The number of aromatic nitrogens is 2. The van der Waals surface area contributed by atoms with Crippen molar-refractivity contribution in [2.75, 3.05) is 11.4 Å². The predicted octanol–water partition coefficient (Wildman–Crippen LogP) is 1.37. The highest BCUT2D eigenvalue weighted by Crippen LogP contribution is 2.24. The third kappa shape index (κ3) is 2.72. The highest BCUT2D eigenvalue weighted by Gasteiger charge is 2.22. The molecule has 0 bridgehead atoms. The van der Waals surface area contributed by atoms with Gasteiger partial charge in [0.1, 0.15) is 0 Å². The second kappa shape index (κ2) is 6.14. The van der Waals surface area contributed by atoms with Crippen LogP contribution >= 0.6 is 0 Å². The molecule has 1 aromatic heterocycles. The third-order valence-corrected chi connectivity index (χ3v) is 6.27. The molecule has 0 saturated carbocycles. The molecule has 0 N–H and O–H groups in total. The lowest BCUT2D eigenvalue weighted by molar-refractivity contribution is 0.594. The maximum Gasteiger partial charge on any atom is 0.316 e. The van der Waals surface area contributed by atoms with Crippen molar-refractivity contribution in [3.8, 4) is 0 Å². The number of fused-ring (bicyclic) bond motifs is 1. The number of anilines is 1. The standard InChI is InChI=1S/C18H19N3O4S/c1-12-6-5-7-13(10-12)21(4)26(24,25)14-8-9-15-16(11-14)20(3)18(23)17(22)19(15)2/h5-11H,1-4H3. The van der Waals surface area contributed by atoms with Gasteiger partial charge in [0.15, 0.2) is 0 Å². The molecule has 1 heterocycles. The average Bonchev–Trinajstić information content (AvgIpc) is 2.63. The molecule has 0 aliphatic rings. The van der Waals surface area contributed by atoms with E-state index in [0.29, 0.717) is 16.7 Å². The van der Waals surface area contributed by atoms with Gasteiger partial charge in [-0.1, -0.05) is 12.1 Å². The number of nitrogens with zero attached hydrogens (tertiary/aromatic N) is 3. The van der Waals surface area contributed by atoms with Crippen molar-refractivity contribution < 1.29 is 8.42 Å². The van der Waals surface area contributed by atoms with Gasteiger partial charge in [-0.15, -0.1) is 0 Å². The second-order valence-corrected chi connectivity index (χ2v) is 8.16. The van der Waals surface area contributed by atoms with E-state index in [1.54, 1.807) is 18.2 Å². The van der Waals surface area contributed by atoms with Gasteiger partial charge >= 0.3 is 11.1 Å². The summed E-state index contributed by atoms with van der Waals surface area (Å²) in [4.78, 5) is 24.0. The first-order chi connectivity index (χ1) is 12.1. The van der Waals surface area contributed by atoms with Crippen molar-refractivity contribution in [2.24, 2.45) is 14.1 Å². The molecule has 0 amide bonds. The molecule has 3 rings (SSSR count). The van der Waals surface area contributed by atoms with Crippen molar-refractivity contribution >= 4 is 26.7 Å². The van der Waals surface area contributed by atoms with Crippen LogP contribution in [0.2, 0.25) is 0 Å². The highest BCUT2D eigenvalue weighted by molar-refractivity contribution is 7.92. The zero-order chi connectivity index (χ0) is 19.2. The van der Waals surface area contributed by atoms with Crippen molar-refractivity contribution in [2.45, 2.75) is 11.8 Å². The zero-order valence-corrected chi connectivity index (χ0v) is 15.7. The Morgan fingerprint density at radius 1 is 0.885 bits per heavy atom. The second-order valence-electron chi connectivity index (χ2n) is 6.19. The normalized spacial score (nSPS) is 11.7. The Morgan fingerprint density at radius 2 is 1.50 bits per heavy atom. The first-order valence-electron chi connectivity index (χ1n) is 7.90. The van der Waals surface area contributed by atoms with Gasteiger partial charge in [-0.25, -0.2) is 8.42 Å². The van der Waals surface area contributed by atoms with Crippen LogP contribution in [0.15, 0.2) is 56.9 Å². The van der Waals surface area contributed by atoms with Gasteiger partial charge in [-0.3, -0.25) is 13.9 Å². The Balaban J connectivity index is 2.22. The van der Waals surface area contributed by atoms with Gasteiger partial charge in [0.05, 0.1) is 21.6 Å². The quantitative estimate of drug-likeness (QED) is 0.650. The molecular formula is C18H19N3O4S. The van der Waals surface area contributed by atoms with Crippen molar-refractivity contribution in [3.05, 3.63) is 68.7 Å². The number of aryl methyl sites for hydroxylation is 3. The molecular weight excluding hydrogens is 354 g/mol. The minimum atomic E-state index is -3.82. The Kier molecular flexibility index (Phi) is 4.23. The molecule has 0 atom stereocenters. The highest BCUT2D eigenvalue weighted by atomic mass is 32.2. The molecule has 0 aliphatic carbocycles. The molecule has 7 nitrogen and oxygen atoms in total. The van der Waals surface area contributed by atoms with Crippen LogP contribution in [0, 0.1) is 6.92 Å². The summed E-state index contributed by atoms with van der Waals surface area (Å²) >= 11 is 0. The van der Waals surface area contributed by atoms with E-state index in [-0.39, 0.29) is 4.90 Å². The first kappa shape index (κ1) is 17.9. The molecule has 0 radical (unpaired) electrons. The van der Waals surface area contributed by atoms with Crippen LogP contribution < -0.4 is 15.4 Å². The van der Waals surface area contributed by atoms with Crippen molar-refractivity contribution in [1.29, 1.82) is 0 Å². The Morgan fingerprint density at radius 3 is 2.12 bits per heavy atom. The largest absolute Gasteiger partial charge is 0.316 e. The lowest BCUT2D eigenvalue weighted by Crippen LogP contribution is -2.39. The minimum Gasteiger partial charge on any atom is -0.305 e. The van der Waals surface area contributed by atoms with Gasteiger partial charge in [-0.2, -0.15) is 0 Å². The maximum atomic E-state index is 13.0. The SMILES string of the molecule is Cc1cccc(N(C)S(=O)(=O)c2ccc3c(c2)n(C)c(=O)c(=O)n3C)c1. The smallest absolute Gasteiger partial charge is 0.305 e. The number of hydrogen-bond donors (Lipinski definition) is 0. The van der Waals surface area contributed by atoms with E-state index >= 15 is 0 Å². The van der Waals surface area contributed by atoms with Crippen LogP contribution in [0.5, 0.6) is 0 Å². The van der Waals surface area contributed by atoms with E-state index in [9.17, 15) is 18.0 Å². The summed E-state index contributed by atoms with van der Waals surface area (Å²) in [5.74, 6) is 0. The molecule has 3 aromatic rings. The fraction of sp³-hybridized carbons (Fsp3) is 0.222. The van der Waals surface area contributed by atoms with Crippen LogP contribution in [-0.4, -0.2) is 24.6 Å². The van der Waals surface area contributed by atoms with Crippen LogP contribution in [0.1, 0.15) is 5.56 Å². The van der Waals surface area contributed by atoms with Gasteiger partial charge in [0.25, 0.3) is 10.0 Å². The van der Waals surface area contributed by atoms with E-state index in [4.69, 9.17) is 0 Å². The predicted molar refractivity (Wildman–Crippen MR) is 101 cm³/mol. The van der Waals surface area contributed by atoms with E-state index < -0.39 is 21.1 Å². The third-order valence-electron chi connectivity index (χ3n) is 4.49. The number of rotatable bonds is 3. The molecule has 0 fully saturated rings. The first-order valence-corrected chi connectivity index (χ1v) is 9.34. The molecule has 0 spiro atoms. The van der Waals surface area contributed by atoms with Gasteiger partial charge in [-0.05, 0) is 42.8 Å². The summed E-state index contributed by atoms with van der Waals surface area (Å²) in [5.41, 5.74) is 0.971. The maximum absolute atomic E-state index is 13.0. The van der Waals surface area contributed by atoms with Crippen molar-refractivity contribution in [3.63, 3.8) is 0 Å². The fourth-order valence-electron chi connectivity index (χ4n) is 2.84. The van der Waals surface area contributed by atoms with Gasteiger partial charge < -0.3 is 9.13 Å². The Hall–Kier alpha value is -2.87. The summed E-state index contributed by atoms with van der Waals surface area (Å²) in [6.07, 6.45) is 0.